The van der Waals surface area contributed by atoms with E-state index in [2.05, 4.69) is 25.9 Å². The monoisotopic (exact) mass is 336 g/mol. The minimum Gasteiger partial charge on any atom is -0.481 e. The molecule has 1 atom stereocenters. The van der Waals surface area contributed by atoms with Gasteiger partial charge in [0.25, 0.3) is 0 Å². The van der Waals surface area contributed by atoms with Gasteiger partial charge in [-0.2, -0.15) is 0 Å². The number of carbonyl (C=O) groups is 1. The first-order valence-electron chi connectivity index (χ1n) is 6.45. The van der Waals surface area contributed by atoms with E-state index in [1.807, 2.05) is 45.0 Å². The highest BCUT2D eigenvalue weighted by Gasteiger charge is 2.27. The third-order valence-electron chi connectivity index (χ3n) is 3.23. The quantitative estimate of drug-likeness (QED) is 0.887. The average Bonchev–Trinajstić information content (AvgIpc) is 2.70. The Morgan fingerprint density at radius 3 is 2.65 bits per heavy atom. The van der Waals surface area contributed by atoms with E-state index in [1.165, 1.54) is 0 Å². The molecule has 5 heteroatoms. The van der Waals surface area contributed by atoms with Gasteiger partial charge in [-0.3, -0.25) is 4.79 Å². The van der Waals surface area contributed by atoms with Crippen molar-refractivity contribution in [2.75, 3.05) is 0 Å². The third kappa shape index (κ3) is 2.93. The molecule has 1 aromatic heterocycles. The van der Waals surface area contributed by atoms with Crippen LogP contribution in [0, 0.1) is 12.8 Å². The lowest BCUT2D eigenvalue weighted by Crippen LogP contribution is -2.18. The van der Waals surface area contributed by atoms with Crippen LogP contribution in [-0.4, -0.2) is 21.0 Å². The predicted octanol–water partition coefficient (Wildman–Crippen LogP) is 3.97. The topological polar surface area (TPSA) is 66.0 Å². The predicted molar refractivity (Wildman–Crippen MR) is 81.7 cm³/mol. The number of aromatic nitrogens is 2. The summed E-state index contributed by atoms with van der Waals surface area (Å²) in [6, 6.07) is 7.81. The molecule has 1 unspecified atom stereocenters. The Morgan fingerprint density at radius 2 is 2.10 bits per heavy atom. The molecule has 0 aliphatic carbocycles. The summed E-state index contributed by atoms with van der Waals surface area (Å²) in [5, 5.41) is 9.34. The Kier molecular flexibility index (Phi) is 4.28. The standard InChI is InChI=1S/C15H17BrN2O2/c1-8(2)12(15(19)20)14-17-9(3)13(18-14)10-5-4-6-11(16)7-10/h4-8,12H,1-3H3,(H,17,18)(H,19,20). The zero-order valence-corrected chi connectivity index (χ0v) is 13.2. The number of aliphatic carboxylic acids is 1. The van der Waals surface area contributed by atoms with Gasteiger partial charge in [-0.05, 0) is 25.0 Å². The van der Waals surface area contributed by atoms with Gasteiger partial charge >= 0.3 is 5.97 Å². The van der Waals surface area contributed by atoms with Crippen molar-refractivity contribution in [3.63, 3.8) is 0 Å². The Morgan fingerprint density at radius 1 is 1.40 bits per heavy atom. The van der Waals surface area contributed by atoms with Gasteiger partial charge in [0.1, 0.15) is 11.7 Å². The molecule has 0 aliphatic rings. The van der Waals surface area contributed by atoms with Crippen molar-refractivity contribution >= 4 is 21.9 Å². The molecule has 0 saturated heterocycles. The summed E-state index contributed by atoms with van der Waals surface area (Å²) in [6.07, 6.45) is 0. The Labute approximate surface area is 126 Å². The molecule has 1 aromatic carbocycles. The van der Waals surface area contributed by atoms with Crippen LogP contribution in [0.4, 0.5) is 0 Å². The van der Waals surface area contributed by atoms with Crippen LogP contribution < -0.4 is 0 Å². The normalized spacial score (nSPS) is 12.7. The number of benzene rings is 1. The fourth-order valence-corrected chi connectivity index (χ4v) is 2.66. The van der Waals surface area contributed by atoms with Gasteiger partial charge < -0.3 is 10.1 Å². The number of hydrogen-bond donors (Lipinski definition) is 2. The number of carboxylic acid groups (broad SMARTS) is 1. The number of halogens is 1. The molecule has 2 aromatic rings. The van der Waals surface area contributed by atoms with E-state index in [0.717, 1.165) is 21.4 Å². The fraction of sp³-hybridized carbons (Fsp3) is 0.333. The van der Waals surface area contributed by atoms with Crippen LogP contribution in [0.1, 0.15) is 31.3 Å². The summed E-state index contributed by atoms with van der Waals surface area (Å²) in [7, 11) is 0. The van der Waals surface area contributed by atoms with Gasteiger partial charge in [0.2, 0.25) is 0 Å². The van der Waals surface area contributed by atoms with Gasteiger partial charge in [0.15, 0.2) is 0 Å². The number of aryl methyl sites for hydroxylation is 1. The van der Waals surface area contributed by atoms with Crippen LogP contribution in [0.5, 0.6) is 0 Å². The number of H-pyrrole nitrogens is 1. The molecule has 2 N–H and O–H groups in total. The Balaban J connectivity index is 2.46. The summed E-state index contributed by atoms with van der Waals surface area (Å²) in [5.41, 5.74) is 2.64. The number of imidazole rings is 1. The van der Waals surface area contributed by atoms with E-state index in [1.54, 1.807) is 0 Å². The number of rotatable bonds is 4. The lowest BCUT2D eigenvalue weighted by Gasteiger charge is -2.12. The molecule has 106 valence electrons. The molecule has 0 bridgehead atoms. The zero-order chi connectivity index (χ0) is 14.9. The second-order valence-electron chi connectivity index (χ2n) is 5.17. The average molecular weight is 337 g/mol. The van der Waals surface area contributed by atoms with Crippen molar-refractivity contribution in [1.29, 1.82) is 0 Å². The Bertz CT molecular complexity index is 635. The summed E-state index contributed by atoms with van der Waals surface area (Å²) in [4.78, 5) is 19.0. The minimum absolute atomic E-state index is 0.0200. The Hall–Kier alpha value is -1.62. The maximum atomic E-state index is 11.4. The smallest absolute Gasteiger partial charge is 0.314 e. The first kappa shape index (κ1) is 14.8. The van der Waals surface area contributed by atoms with Gasteiger partial charge in [0, 0.05) is 15.7 Å². The van der Waals surface area contributed by atoms with E-state index < -0.39 is 11.9 Å². The van der Waals surface area contributed by atoms with Crippen LogP contribution in [-0.2, 0) is 4.79 Å². The summed E-state index contributed by atoms with van der Waals surface area (Å²) in [6.45, 7) is 5.68. The molecular weight excluding hydrogens is 320 g/mol. The molecule has 1 heterocycles. The third-order valence-corrected chi connectivity index (χ3v) is 3.72. The summed E-state index contributed by atoms with van der Waals surface area (Å²) in [5.74, 6) is -0.975. The number of hydrogen-bond acceptors (Lipinski definition) is 2. The number of carboxylic acids is 1. The van der Waals surface area contributed by atoms with Gasteiger partial charge in [0.05, 0.1) is 5.69 Å². The van der Waals surface area contributed by atoms with Crippen molar-refractivity contribution in [3.8, 4) is 11.3 Å². The maximum absolute atomic E-state index is 11.4. The molecule has 20 heavy (non-hydrogen) atoms. The van der Waals surface area contributed by atoms with Crippen LogP contribution in [0.2, 0.25) is 0 Å². The highest BCUT2D eigenvalue weighted by Crippen LogP contribution is 2.29. The van der Waals surface area contributed by atoms with E-state index in [9.17, 15) is 9.90 Å². The van der Waals surface area contributed by atoms with Crippen molar-refractivity contribution in [2.45, 2.75) is 26.7 Å². The van der Waals surface area contributed by atoms with Crippen molar-refractivity contribution in [3.05, 3.63) is 40.3 Å². The van der Waals surface area contributed by atoms with Gasteiger partial charge in [-0.1, -0.05) is 41.9 Å². The van der Waals surface area contributed by atoms with Crippen molar-refractivity contribution in [2.24, 2.45) is 5.92 Å². The van der Waals surface area contributed by atoms with E-state index in [4.69, 9.17) is 0 Å². The molecular formula is C15H17BrN2O2. The SMILES string of the molecule is Cc1[nH]c(C(C(=O)O)C(C)C)nc1-c1cccc(Br)c1. The molecule has 0 radical (unpaired) electrons. The van der Waals surface area contributed by atoms with Crippen LogP contribution in [0.15, 0.2) is 28.7 Å². The molecule has 4 nitrogen and oxygen atoms in total. The van der Waals surface area contributed by atoms with E-state index in [0.29, 0.717) is 5.82 Å². The van der Waals surface area contributed by atoms with Crippen molar-refractivity contribution in [1.82, 2.24) is 9.97 Å². The highest BCUT2D eigenvalue weighted by molar-refractivity contribution is 9.10. The van der Waals surface area contributed by atoms with E-state index >= 15 is 0 Å². The lowest BCUT2D eigenvalue weighted by molar-refractivity contribution is -0.140. The lowest BCUT2D eigenvalue weighted by atomic mass is 9.95. The van der Waals surface area contributed by atoms with Gasteiger partial charge in [-0.15, -0.1) is 0 Å². The molecule has 0 aliphatic heterocycles. The van der Waals surface area contributed by atoms with Crippen LogP contribution in [0.25, 0.3) is 11.3 Å². The van der Waals surface area contributed by atoms with Crippen LogP contribution >= 0.6 is 15.9 Å². The highest BCUT2D eigenvalue weighted by atomic mass is 79.9. The number of nitrogens with one attached hydrogen (secondary N) is 1. The second kappa shape index (κ2) is 5.79. The van der Waals surface area contributed by atoms with E-state index in [-0.39, 0.29) is 5.92 Å². The number of nitrogens with zero attached hydrogens (tertiary/aromatic N) is 1. The zero-order valence-electron chi connectivity index (χ0n) is 11.6. The number of aromatic amines is 1. The minimum atomic E-state index is -0.852. The molecule has 0 amide bonds. The second-order valence-corrected chi connectivity index (χ2v) is 6.08. The first-order valence-corrected chi connectivity index (χ1v) is 7.24. The molecule has 0 spiro atoms. The summed E-state index contributed by atoms with van der Waals surface area (Å²) >= 11 is 3.43. The summed E-state index contributed by atoms with van der Waals surface area (Å²) < 4.78 is 0.970. The van der Waals surface area contributed by atoms with Gasteiger partial charge in [-0.25, -0.2) is 4.98 Å². The molecule has 0 fully saturated rings. The first-order chi connectivity index (χ1) is 9.40. The van der Waals surface area contributed by atoms with Crippen LogP contribution in [0.3, 0.4) is 0 Å². The maximum Gasteiger partial charge on any atom is 0.314 e. The molecule has 2 rings (SSSR count). The molecule has 0 saturated carbocycles. The van der Waals surface area contributed by atoms with Crippen molar-refractivity contribution < 1.29 is 9.90 Å². The fourth-order valence-electron chi connectivity index (χ4n) is 2.27. The largest absolute Gasteiger partial charge is 0.481 e.